The van der Waals surface area contributed by atoms with Crippen LogP contribution in [-0.2, 0) is 20.9 Å². The smallest absolute Gasteiger partial charge is 0.408 e. The normalized spacial score (nSPS) is 11.6. The fraction of sp³-hybridized carbons (Fsp3) is 0.200. The standard InChI is InChI=1S/C20H21NO5/c1-24-18-11-7-6-10-16(18)12-13-17(19(22)25-2)21-20(23)26-14-15-8-4-3-5-9-15/h3-13,17H,14H2,1-2H3,(H,21,23)/b13-12+. The maximum Gasteiger partial charge on any atom is 0.408 e. The highest BCUT2D eigenvalue weighted by atomic mass is 16.6. The van der Waals surface area contributed by atoms with Crippen molar-refractivity contribution in [3.8, 4) is 5.75 Å². The molecule has 0 bridgehead atoms. The van der Waals surface area contributed by atoms with Gasteiger partial charge in [-0.3, -0.25) is 0 Å². The Morgan fingerprint density at radius 3 is 2.42 bits per heavy atom. The Labute approximate surface area is 152 Å². The van der Waals surface area contributed by atoms with Crippen molar-refractivity contribution in [2.75, 3.05) is 14.2 Å². The van der Waals surface area contributed by atoms with Gasteiger partial charge in [0, 0.05) is 5.56 Å². The van der Waals surface area contributed by atoms with Crippen LogP contribution in [0.15, 0.2) is 60.7 Å². The number of ether oxygens (including phenoxy) is 3. The summed E-state index contributed by atoms with van der Waals surface area (Å²) in [4.78, 5) is 23.9. The van der Waals surface area contributed by atoms with E-state index in [-0.39, 0.29) is 6.61 Å². The second-order valence-electron chi connectivity index (χ2n) is 5.31. The average Bonchev–Trinajstić information content (AvgIpc) is 2.69. The molecular formula is C20H21NO5. The number of esters is 1. The summed E-state index contributed by atoms with van der Waals surface area (Å²) < 4.78 is 15.1. The van der Waals surface area contributed by atoms with Gasteiger partial charge >= 0.3 is 12.1 Å². The van der Waals surface area contributed by atoms with Gasteiger partial charge < -0.3 is 19.5 Å². The maximum atomic E-state index is 12.0. The molecule has 2 aromatic rings. The van der Waals surface area contributed by atoms with Crippen molar-refractivity contribution in [1.82, 2.24) is 5.32 Å². The first kappa shape index (κ1) is 19.1. The van der Waals surface area contributed by atoms with Gasteiger partial charge in [-0.05, 0) is 11.6 Å². The molecule has 136 valence electrons. The lowest BCUT2D eigenvalue weighted by Crippen LogP contribution is -2.40. The molecule has 26 heavy (non-hydrogen) atoms. The SMILES string of the molecule is COC(=O)C(/C=C/c1ccccc1OC)NC(=O)OCc1ccccc1. The van der Waals surface area contributed by atoms with E-state index in [9.17, 15) is 9.59 Å². The highest BCUT2D eigenvalue weighted by molar-refractivity contribution is 5.84. The molecule has 1 amide bonds. The third kappa shape index (κ3) is 5.66. The number of benzene rings is 2. The molecule has 0 aliphatic carbocycles. The van der Waals surface area contributed by atoms with E-state index in [0.29, 0.717) is 5.75 Å². The van der Waals surface area contributed by atoms with Gasteiger partial charge in [0.1, 0.15) is 18.4 Å². The molecule has 1 unspecified atom stereocenters. The lowest BCUT2D eigenvalue weighted by Gasteiger charge is -2.13. The molecule has 0 fully saturated rings. The van der Waals surface area contributed by atoms with Crippen molar-refractivity contribution in [2.45, 2.75) is 12.6 Å². The average molecular weight is 355 g/mol. The molecule has 0 aliphatic rings. The Bertz CT molecular complexity index is 758. The predicted octanol–water partition coefficient (Wildman–Crippen LogP) is 3.18. The molecule has 0 radical (unpaired) electrons. The minimum atomic E-state index is -0.979. The minimum Gasteiger partial charge on any atom is -0.496 e. The number of alkyl carbamates (subject to hydrolysis) is 1. The second-order valence-corrected chi connectivity index (χ2v) is 5.31. The summed E-state index contributed by atoms with van der Waals surface area (Å²) >= 11 is 0. The first-order valence-corrected chi connectivity index (χ1v) is 8.00. The van der Waals surface area contributed by atoms with E-state index in [1.54, 1.807) is 19.3 Å². The zero-order valence-electron chi connectivity index (χ0n) is 14.7. The molecule has 0 spiro atoms. The van der Waals surface area contributed by atoms with Crippen molar-refractivity contribution < 1.29 is 23.8 Å². The fourth-order valence-electron chi connectivity index (χ4n) is 2.21. The van der Waals surface area contributed by atoms with Gasteiger partial charge in [-0.2, -0.15) is 0 Å². The van der Waals surface area contributed by atoms with Crippen LogP contribution < -0.4 is 10.1 Å². The Morgan fingerprint density at radius 1 is 1.04 bits per heavy atom. The summed E-state index contributed by atoms with van der Waals surface area (Å²) in [5, 5.41) is 2.48. The lowest BCUT2D eigenvalue weighted by atomic mass is 10.1. The van der Waals surface area contributed by atoms with Crippen LogP contribution in [0, 0.1) is 0 Å². The molecule has 2 rings (SSSR count). The third-order valence-electron chi connectivity index (χ3n) is 3.55. The molecular weight excluding hydrogens is 334 g/mol. The van der Waals surface area contributed by atoms with Crippen molar-refractivity contribution in [1.29, 1.82) is 0 Å². The van der Waals surface area contributed by atoms with Gasteiger partial charge in [0.25, 0.3) is 0 Å². The largest absolute Gasteiger partial charge is 0.496 e. The van der Waals surface area contributed by atoms with Crippen LogP contribution in [0.4, 0.5) is 4.79 Å². The molecule has 0 saturated heterocycles. The molecule has 0 saturated carbocycles. The van der Waals surface area contributed by atoms with E-state index in [1.165, 1.54) is 13.2 Å². The maximum absolute atomic E-state index is 12.0. The number of amides is 1. The molecule has 2 aromatic carbocycles. The summed E-state index contributed by atoms with van der Waals surface area (Å²) in [6.07, 6.45) is 2.49. The monoisotopic (exact) mass is 355 g/mol. The van der Waals surface area contributed by atoms with Crippen LogP contribution in [0.2, 0.25) is 0 Å². The summed E-state index contributed by atoms with van der Waals surface area (Å²) in [5.41, 5.74) is 1.62. The zero-order valence-corrected chi connectivity index (χ0v) is 14.7. The number of hydrogen-bond acceptors (Lipinski definition) is 5. The van der Waals surface area contributed by atoms with Gasteiger partial charge in [-0.1, -0.05) is 60.7 Å². The first-order chi connectivity index (χ1) is 12.6. The Kier molecular flexibility index (Phi) is 7.24. The van der Waals surface area contributed by atoms with E-state index in [0.717, 1.165) is 11.1 Å². The highest BCUT2D eigenvalue weighted by Crippen LogP contribution is 2.19. The van der Waals surface area contributed by atoms with Crippen molar-refractivity contribution in [3.05, 3.63) is 71.8 Å². The van der Waals surface area contributed by atoms with Gasteiger partial charge in [0.15, 0.2) is 0 Å². The van der Waals surface area contributed by atoms with E-state index in [1.807, 2.05) is 48.5 Å². The number of carbonyl (C=O) groups excluding carboxylic acids is 2. The van der Waals surface area contributed by atoms with Crippen molar-refractivity contribution >= 4 is 18.1 Å². The number of para-hydroxylation sites is 1. The van der Waals surface area contributed by atoms with Crippen LogP contribution in [-0.4, -0.2) is 32.3 Å². The summed E-state index contributed by atoms with van der Waals surface area (Å²) in [7, 11) is 2.81. The molecule has 0 heterocycles. The minimum absolute atomic E-state index is 0.108. The topological polar surface area (TPSA) is 73.9 Å². The first-order valence-electron chi connectivity index (χ1n) is 8.00. The van der Waals surface area contributed by atoms with Crippen molar-refractivity contribution in [2.24, 2.45) is 0 Å². The van der Waals surface area contributed by atoms with Crippen LogP contribution in [0.3, 0.4) is 0 Å². The van der Waals surface area contributed by atoms with Crippen LogP contribution in [0.5, 0.6) is 5.75 Å². The summed E-state index contributed by atoms with van der Waals surface area (Å²) in [6, 6.07) is 15.6. The van der Waals surface area contributed by atoms with Crippen LogP contribution in [0.25, 0.3) is 6.08 Å². The van der Waals surface area contributed by atoms with Gasteiger partial charge in [-0.15, -0.1) is 0 Å². The molecule has 1 N–H and O–H groups in total. The van der Waals surface area contributed by atoms with Gasteiger partial charge in [0.2, 0.25) is 0 Å². The van der Waals surface area contributed by atoms with Crippen LogP contribution >= 0.6 is 0 Å². The Balaban J connectivity index is 2.01. The number of nitrogens with one attached hydrogen (secondary N) is 1. The number of rotatable bonds is 7. The highest BCUT2D eigenvalue weighted by Gasteiger charge is 2.19. The third-order valence-corrected chi connectivity index (χ3v) is 3.55. The number of carbonyl (C=O) groups is 2. The molecule has 6 heteroatoms. The Morgan fingerprint density at radius 2 is 1.73 bits per heavy atom. The van der Waals surface area contributed by atoms with E-state index in [2.05, 4.69) is 5.32 Å². The second kappa shape index (κ2) is 9.88. The van der Waals surface area contributed by atoms with E-state index in [4.69, 9.17) is 14.2 Å². The molecule has 0 aromatic heterocycles. The predicted molar refractivity (Wildman–Crippen MR) is 97.6 cm³/mol. The zero-order chi connectivity index (χ0) is 18.8. The molecule has 6 nitrogen and oxygen atoms in total. The quantitative estimate of drug-likeness (QED) is 0.772. The van der Waals surface area contributed by atoms with E-state index < -0.39 is 18.1 Å². The fourth-order valence-corrected chi connectivity index (χ4v) is 2.21. The number of methoxy groups -OCH3 is 2. The van der Waals surface area contributed by atoms with Gasteiger partial charge in [0.05, 0.1) is 14.2 Å². The lowest BCUT2D eigenvalue weighted by molar-refractivity contribution is -0.141. The molecule has 0 aliphatic heterocycles. The van der Waals surface area contributed by atoms with Crippen molar-refractivity contribution in [3.63, 3.8) is 0 Å². The Hall–Kier alpha value is -3.28. The summed E-state index contributed by atoms with van der Waals surface area (Å²) in [6.45, 7) is 0.108. The van der Waals surface area contributed by atoms with E-state index >= 15 is 0 Å². The van der Waals surface area contributed by atoms with Gasteiger partial charge in [-0.25, -0.2) is 9.59 Å². The summed E-state index contributed by atoms with van der Waals surface area (Å²) in [5.74, 6) is 0.0480. The van der Waals surface area contributed by atoms with Crippen LogP contribution in [0.1, 0.15) is 11.1 Å². The molecule has 1 atom stereocenters. The number of hydrogen-bond donors (Lipinski definition) is 1.